The van der Waals surface area contributed by atoms with Crippen LogP contribution in [0.1, 0.15) is 13.3 Å². The van der Waals surface area contributed by atoms with Gasteiger partial charge < -0.3 is 5.32 Å². The first kappa shape index (κ1) is 11.9. The van der Waals surface area contributed by atoms with Crippen LogP contribution in [0.3, 0.4) is 0 Å². The maximum Gasteiger partial charge on any atom is 0.282 e. The molecule has 1 heterocycles. The van der Waals surface area contributed by atoms with Crippen molar-refractivity contribution >= 4 is 10.2 Å². The number of nitrogens with zero attached hydrogens (tertiary/aromatic N) is 2. The summed E-state index contributed by atoms with van der Waals surface area (Å²) in [5.41, 5.74) is 0. The van der Waals surface area contributed by atoms with Crippen molar-refractivity contribution in [2.75, 3.05) is 39.8 Å². The molecule has 84 valence electrons. The van der Waals surface area contributed by atoms with Crippen LogP contribution < -0.4 is 5.32 Å². The van der Waals surface area contributed by atoms with Crippen LogP contribution in [0, 0.1) is 0 Å². The lowest BCUT2D eigenvalue weighted by atomic mass is 10.4. The lowest BCUT2D eigenvalue weighted by Gasteiger charge is -2.33. The van der Waals surface area contributed by atoms with Crippen LogP contribution >= 0.6 is 0 Å². The van der Waals surface area contributed by atoms with Crippen molar-refractivity contribution < 1.29 is 8.42 Å². The highest BCUT2D eigenvalue weighted by atomic mass is 32.2. The van der Waals surface area contributed by atoms with Crippen molar-refractivity contribution in [1.29, 1.82) is 0 Å². The normalized spacial score (nSPS) is 23.9. The van der Waals surface area contributed by atoms with Crippen molar-refractivity contribution in [3.05, 3.63) is 0 Å². The molecule has 0 saturated carbocycles. The van der Waals surface area contributed by atoms with E-state index in [0.29, 0.717) is 32.7 Å². The Hall–Kier alpha value is -0.170. The van der Waals surface area contributed by atoms with Crippen molar-refractivity contribution in [2.45, 2.75) is 13.3 Å². The summed E-state index contributed by atoms with van der Waals surface area (Å²) in [5.74, 6) is 0. The van der Waals surface area contributed by atoms with Crippen LogP contribution in [0.5, 0.6) is 0 Å². The molecule has 0 aliphatic carbocycles. The first-order valence-corrected chi connectivity index (χ1v) is 6.42. The molecule has 1 fully saturated rings. The Morgan fingerprint density at radius 1 is 1.29 bits per heavy atom. The van der Waals surface area contributed by atoms with Gasteiger partial charge >= 0.3 is 0 Å². The van der Waals surface area contributed by atoms with E-state index in [4.69, 9.17) is 0 Å². The molecular weight excluding hydrogens is 202 g/mol. The molecule has 1 aliphatic rings. The zero-order valence-electron chi connectivity index (χ0n) is 8.86. The Balaban J connectivity index is 2.66. The van der Waals surface area contributed by atoms with E-state index in [9.17, 15) is 8.42 Å². The fourth-order valence-electron chi connectivity index (χ4n) is 1.60. The van der Waals surface area contributed by atoms with Gasteiger partial charge in [-0.05, 0) is 13.5 Å². The highest BCUT2D eigenvalue weighted by Gasteiger charge is 2.31. The van der Waals surface area contributed by atoms with E-state index in [1.807, 2.05) is 14.0 Å². The van der Waals surface area contributed by atoms with E-state index in [0.717, 1.165) is 6.42 Å². The van der Waals surface area contributed by atoms with E-state index in [1.54, 1.807) is 4.31 Å². The lowest BCUT2D eigenvalue weighted by molar-refractivity contribution is 0.291. The summed E-state index contributed by atoms with van der Waals surface area (Å²) >= 11 is 0. The zero-order chi connectivity index (χ0) is 10.6. The third kappa shape index (κ3) is 2.44. The van der Waals surface area contributed by atoms with Crippen LogP contribution in [-0.4, -0.2) is 56.8 Å². The van der Waals surface area contributed by atoms with E-state index in [1.165, 1.54) is 4.31 Å². The molecule has 0 atom stereocenters. The van der Waals surface area contributed by atoms with Gasteiger partial charge in [0.25, 0.3) is 10.2 Å². The molecule has 1 saturated heterocycles. The Morgan fingerprint density at radius 3 is 2.50 bits per heavy atom. The molecule has 0 unspecified atom stereocenters. The highest BCUT2D eigenvalue weighted by molar-refractivity contribution is 7.86. The van der Waals surface area contributed by atoms with Gasteiger partial charge in [-0.25, -0.2) is 0 Å². The molecule has 0 spiro atoms. The summed E-state index contributed by atoms with van der Waals surface area (Å²) in [4.78, 5) is 0. The van der Waals surface area contributed by atoms with E-state index >= 15 is 0 Å². The summed E-state index contributed by atoms with van der Waals surface area (Å²) in [7, 11) is -1.33. The number of hydrogen-bond acceptors (Lipinski definition) is 3. The number of likely N-dealkylation sites (N-methyl/N-ethyl adjacent to an activating group) is 1. The van der Waals surface area contributed by atoms with Crippen LogP contribution in [0.2, 0.25) is 0 Å². The summed E-state index contributed by atoms with van der Waals surface area (Å²) in [6.45, 7) is 5.03. The topological polar surface area (TPSA) is 52.6 Å². The highest BCUT2D eigenvalue weighted by Crippen LogP contribution is 2.14. The van der Waals surface area contributed by atoms with Crippen LogP contribution in [0.15, 0.2) is 0 Å². The molecule has 5 nitrogen and oxygen atoms in total. The largest absolute Gasteiger partial charge is 0.318 e. The van der Waals surface area contributed by atoms with Gasteiger partial charge in [-0.3, -0.25) is 0 Å². The summed E-state index contributed by atoms with van der Waals surface area (Å²) in [5, 5.41) is 2.96. The second-order valence-electron chi connectivity index (χ2n) is 3.36. The van der Waals surface area contributed by atoms with Crippen LogP contribution in [0.25, 0.3) is 0 Å². The maximum atomic E-state index is 11.9. The minimum atomic E-state index is -3.16. The van der Waals surface area contributed by atoms with Gasteiger partial charge in [0.05, 0.1) is 0 Å². The Bertz CT molecular complexity index is 266. The SMILES string of the molecule is CCN1CCCN(CCNC)S1(=O)=O. The number of rotatable bonds is 4. The molecule has 0 aromatic heterocycles. The van der Waals surface area contributed by atoms with Crippen LogP contribution in [0.4, 0.5) is 0 Å². The molecule has 1 aliphatic heterocycles. The Morgan fingerprint density at radius 2 is 1.93 bits per heavy atom. The smallest absolute Gasteiger partial charge is 0.282 e. The average molecular weight is 221 g/mol. The Labute approximate surface area is 86.3 Å². The second kappa shape index (κ2) is 5.06. The molecule has 1 N–H and O–H groups in total. The third-order valence-electron chi connectivity index (χ3n) is 2.43. The summed E-state index contributed by atoms with van der Waals surface area (Å²) in [6.07, 6.45) is 0.927. The molecule has 0 bridgehead atoms. The number of hydrogen-bond donors (Lipinski definition) is 1. The Kier molecular flexibility index (Phi) is 4.31. The van der Waals surface area contributed by atoms with Crippen molar-refractivity contribution in [1.82, 2.24) is 13.9 Å². The molecule has 0 radical (unpaired) electrons. The van der Waals surface area contributed by atoms with E-state index in [-0.39, 0.29) is 0 Å². The second-order valence-corrected chi connectivity index (χ2v) is 5.28. The predicted octanol–water partition coefficient (Wildman–Crippen LogP) is -0.522. The van der Waals surface area contributed by atoms with Crippen LogP contribution in [-0.2, 0) is 10.2 Å². The predicted molar refractivity (Wildman–Crippen MR) is 56.3 cm³/mol. The van der Waals surface area contributed by atoms with Gasteiger partial charge in [-0.15, -0.1) is 0 Å². The van der Waals surface area contributed by atoms with Crippen molar-refractivity contribution in [3.63, 3.8) is 0 Å². The minimum absolute atomic E-state index is 0.565. The van der Waals surface area contributed by atoms with Gasteiger partial charge in [0.1, 0.15) is 0 Å². The van der Waals surface area contributed by atoms with Crippen molar-refractivity contribution in [3.8, 4) is 0 Å². The molecule has 0 aromatic rings. The van der Waals surface area contributed by atoms with Gasteiger partial charge in [0, 0.05) is 32.7 Å². The van der Waals surface area contributed by atoms with Gasteiger partial charge in [-0.1, -0.05) is 6.92 Å². The maximum absolute atomic E-state index is 11.9. The van der Waals surface area contributed by atoms with Gasteiger partial charge in [-0.2, -0.15) is 17.0 Å². The molecule has 1 rings (SSSR count). The first-order chi connectivity index (χ1) is 6.62. The van der Waals surface area contributed by atoms with Crippen molar-refractivity contribution in [2.24, 2.45) is 0 Å². The molecular formula is C8H19N3O2S. The quantitative estimate of drug-likeness (QED) is 0.695. The minimum Gasteiger partial charge on any atom is -0.318 e. The zero-order valence-corrected chi connectivity index (χ0v) is 9.68. The number of nitrogens with one attached hydrogen (secondary N) is 1. The lowest BCUT2D eigenvalue weighted by Crippen LogP contribution is -2.50. The molecule has 0 aromatic carbocycles. The summed E-state index contributed by atoms with van der Waals surface area (Å²) in [6, 6.07) is 0. The molecule has 6 heteroatoms. The fourth-order valence-corrected chi connectivity index (χ4v) is 3.30. The van der Waals surface area contributed by atoms with E-state index < -0.39 is 10.2 Å². The molecule has 14 heavy (non-hydrogen) atoms. The third-order valence-corrected chi connectivity index (χ3v) is 4.54. The van der Waals surface area contributed by atoms with Gasteiger partial charge in [0.15, 0.2) is 0 Å². The standard InChI is InChI=1S/C8H19N3O2S/c1-3-10-6-4-7-11(8-5-9-2)14(10,12)13/h9H,3-8H2,1-2H3. The first-order valence-electron chi connectivity index (χ1n) is 5.02. The average Bonchev–Trinajstić information content (AvgIpc) is 2.15. The van der Waals surface area contributed by atoms with Gasteiger partial charge in [0.2, 0.25) is 0 Å². The molecule has 0 amide bonds. The van der Waals surface area contributed by atoms with E-state index in [2.05, 4.69) is 5.32 Å². The summed E-state index contributed by atoms with van der Waals surface area (Å²) < 4.78 is 26.8. The monoisotopic (exact) mass is 221 g/mol. The fraction of sp³-hybridized carbons (Fsp3) is 1.00.